The van der Waals surface area contributed by atoms with Gasteiger partial charge in [0, 0.05) is 68.7 Å². The number of nitrogens with one attached hydrogen (secondary N) is 3. The summed E-state index contributed by atoms with van der Waals surface area (Å²) in [6.07, 6.45) is 3.15. The number of hydrogen-bond acceptors (Lipinski definition) is 7. The molecule has 0 radical (unpaired) electrons. The van der Waals surface area contributed by atoms with Crippen LogP contribution in [0.25, 0.3) is 22.2 Å². The fourth-order valence-electron chi connectivity index (χ4n) is 4.03. The SMILES string of the molecule is COc1cc(N2CCS(=N)(=O)CC2)ccc1Nc1ncc(Cl)c(-c2c[nH]c3cccc(F)c23)n1. The lowest BCUT2D eigenvalue weighted by Gasteiger charge is -2.30. The minimum absolute atomic E-state index is 0.281. The highest BCUT2D eigenvalue weighted by atomic mass is 35.5. The van der Waals surface area contributed by atoms with Gasteiger partial charge in [-0.25, -0.2) is 18.6 Å². The predicted octanol–water partition coefficient (Wildman–Crippen LogP) is 5.04. The summed E-state index contributed by atoms with van der Waals surface area (Å²) < 4.78 is 39.8. The standard InChI is InChI=1S/C23H22ClFN6O2S/c1-33-20-11-14(31-7-9-34(26,32)10-8-31)5-6-18(20)29-23-28-13-16(24)22(30-23)15-12-27-19-4-2-3-17(25)21(15)19/h2-6,11-13,26-27H,7-10H2,1H3,(H,28,29,30). The molecule has 2 aromatic heterocycles. The summed E-state index contributed by atoms with van der Waals surface area (Å²) in [7, 11) is -0.900. The maximum absolute atomic E-state index is 14.5. The van der Waals surface area contributed by atoms with Gasteiger partial charge in [-0.05, 0) is 24.3 Å². The van der Waals surface area contributed by atoms with E-state index in [4.69, 9.17) is 21.1 Å². The second-order valence-electron chi connectivity index (χ2n) is 7.97. The van der Waals surface area contributed by atoms with Crippen LogP contribution in [0.3, 0.4) is 0 Å². The van der Waals surface area contributed by atoms with Crippen molar-refractivity contribution < 1.29 is 13.3 Å². The molecule has 3 N–H and O–H groups in total. The van der Waals surface area contributed by atoms with Crippen molar-refractivity contribution in [2.24, 2.45) is 0 Å². The molecule has 1 aliphatic heterocycles. The van der Waals surface area contributed by atoms with Gasteiger partial charge in [-0.2, -0.15) is 0 Å². The van der Waals surface area contributed by atoms with E-state index < -0.39 is 9.73 Å². The van der Waals surface area contributed by atoms with Crippen molar-refractivity contribution in [2.45, 2.75) is 0 Å². The van der Waals surface area contributed by atoms with Crippen LogP contribution < -0.4 is 15.0 Å². The van der Waals surface area contributed by atoms with Crippen LogP contribution in [0.5, 0.6) is 5.75 Å². The minimum atomic E-state index is -2.47. The Kier molecular flexibility index (Phi) is 5.78. The quantitative estimate of drug-likeness (QED) is 0.354. The van der Waals surface area contributed by atoms with Gasteiger partial charge in [0.25, 0.3) is 0 Å². The van der Waals surface area contributed by atoms with E-state index in [1.54, 1.807) is 25.4 Å². The van der Waals surface area contributed by atoms with Crippen LogP contribution in [0.2, 0.25) is 5.02 Å². The zero-order chi connectivity index (χ0) is 23.9. The molecular weight excluding hydrogens is 479 g/mol. The van der Waals surface area contributed by atoms with Crippen molar-refractivity contribution in [3.63, 3.8) is 0 Å². The Bertz CT molecular complexity index is 1480. The van der Waals surface area contributed by atoms with Crippen LogP contribution in [0.1, 0.15) is 0 Å². The molecule has 1 saturated heterocycles. The Labute approximate surface area is 201 Å². The first-order chi connectivity index (χ1) is 16.3. The minimum Gasteiger partial charge on any atom is -0.494 e. The molecule has 1 aliphatic rings. The normalized spacial score (nSPS) is 15.4. The average molecular weight is 501 g/mol. The number of ether oxygens (including phenoxy) is 1. The number of anilines is 3. The Morgan fingerprint density at radius 1 is 1.26 bits per heavy atom. The van der Waals surface area contributed by atoms with Gasteiger partial charge in [0.1, 0.15) is 11.6 Å². The molecule has 0 unspecified atom stereocenters. The molecule has 0 atom stereocenters. The largest absolute Gasteiger partial charge is 0.494 e. The number of aromatic amines is 1. The average Bonchev–Trinajstić information content (AvgIpc) is 3.26. The van der Waals surface area contributed by atoms with Crippen LogP contribution in [0.4, 0.5) is 21.7 Å². The van der Waals surface area contributed by atoms with E-state index in [0.717, 1.165) is 5.69 Å². The third-order valence-corrected chi connectivity index (χ3v) is 7.79. The lowest BCUT2D eigenvalue weighted by Crippen LogP contribution is -2.39. The molecule has 0 bridgehead atoms. The summed E-state index contributed by atoms with van der Waals surface area (Å²) >= 11 is 6.38. The lowest BCUT2D eigenvalue weighted by molar-refractivity contribution is 0.416. The molecule has 0 amide bonds. The molecule has 34 heavy (non-hydrogen) atoms. The second-order valence-corrected chi connectivity index (χ2v) is 10.8. The van der Waals surface area contributed by atoms with Gasteiger partial charge in [0.2, 0.25) is 5.95 Å². The van der Waals surface area contributed by atoms with E-state index in [9.17, 15) is 8.60 Å². The molecule has 1 fully saturated rings. The first kappa shape index (κ1) is 22.4. The fraction of sp³-hybridized carbons (Fsp3) is 0.217. The highest BCUT2D eigenvalue weighted by Gasteiger charge is 2.21. The number of methoxy groups -OCH3 is 1. The topological polar surface area (TPSA) is 107 Å². The predicted molar refractivity (Wildman–Crippen MR) is 133 cm³/mol. The molecule has 4 aromatic rings. The first-order valence-corrected chi connectivity index (χ1v) is 12.8. The monoisotopic (exact) mass is 500 g/mol. The van der Waals surface area contributed by atoms with Crippen LogP contribution in [-0.4, -0.2) is 50.9 Å². The molecule has 176 valence electrons. The van der Waals surface area contributed by atoms with Crippen LogP contribution in [0.15, 0.2) is 48.8 Å². The van der Waals surface area contributed by atoms with E-state index in [1.165, 1.54) is 12.3 Å². The zero-order valence-corrected chi connectivity index (χ0v) is 19.8. The summed E-state index contributed by atoms with van der Waals surface area (Å²) in [5.74, 6) is 1.20. The van der Waals surface area contributed by atoms with Gasteiger partial charge in [-0.15, -0.1) is 0 Å². The number of hydrogen-bond donors (Lipinski definition) is 3. The Balaban J connectivity index is 1.45. The summed E-state index contributed by atoms with van der Waals surface area (Å²) in [5.41, 5.74) is 3.16. The van der Waals surface area contributed by atoms with Crippen molar-refractivity contribution in [1.82, 2.24) is 15.0 Å². The van der Waals surface area contributed by atoms with Crippen LogP contribution in [-0.2, 0) is 9.73 Å². The van der Waals surface area contributed by atoms with Crippen LogP contribution in [0, 0.1) is 10.6 Å². The number of halogens is 2. The number of fused-ring (bicyclic) bond motifs is 1. The van der Waals surface area contributed by atoms with E-state index in [-0.39, 0.29) is 11.8 Å². The van der Waals surface area contributed by atoms with Crippen molar-refractivity contribution in [3.05, 3.63) is 59.6 Å². The molecule has 11 heteroatoms. The molecule has 0 saturated carbocycles. The van der Waals surface area contributed by atoms with Gasteiger partial charge in [0.05, 0.1) is 29.7 Å². The van der Waals surface area contributed by atoms with E-state index >= 15 is 0 Å². The summed E-state index contributed by atoms with van der Waals surface area (Å²) in [6.45, 7) is 1.12. The van der Waals surface area contributed by atoms with Crippen LogP contribution >= 0.6 is 11.6 Å². The Morgan fingerprint density at radius 3 is 2.82 bits per heavy atom. The smallest absolute Gasteiger partial charge is 0.227 e. The van der Waals surface area contributed by atoms with E-state index in [1.807, 2.05) is 18.2 Å². The van der Waals surface area contributed by atoms with E-state index in [2.05, 4.69) is 25.2 Å². The van der Waals surface area contributed by atoms with Crippen molar-refractivity contribution in [2.75, 3.05) is 41.9 Å². The number of nitrogens with zero attached hydrogens (tertiary/aromatic N) is 3. The van der Waals surface area contributed by atoms with Gasteiger partial charge in [0.15, 0.2) is 0 Å². The number of H-pyrrole nitrogens is 1. The molecule has 8 nitrogen and oxygen atoms in total. The zero-order valence-electron chi connectivity index (χ0n) is 18.3. The number of rotatable bonds is 5. The third-order valence-electron chi connectivity index (χ3n) is 5.83. The summed E-state index contributed by atoms with van der Waals surface area (Å²) in [6, 6.07) is 10.5. The molecule has 3 heterocycles. The summed E-state index contributed by atoms with van der Waals surface area (Å²) in [5, 5.41) is 3.87. The molecular formula is C23H22ClFN6O2S. The van der Waals surface area contributed by atoms with Crippen molar-refractivity contribution in [1.29, 1.82) is 4.78 Å². The van der Waals surface area contributed by atoms with Gasteiger partial charge >= 0.3 is 0 Å². The maximum Gasteiger partial charge on any atom is 0.227 e. The van der Waals surface area contributed by atoms with Gasteiger partial charge in [-0.3, -0.25) is 4.78 Å². The lowest BCUT2D eigenvalue weighted by atomic mass is 10.1. The van der Waals surface area contributed by atoms with Crippen molar-refractivity contribution >= 4 is 49.6 Å². The molecule has 2 aromatic carbocycles. The number of benzene rings is 2. The van der Waals surface area contributed by atoms with Gasteiger partial charge < -0.3 is 19.9 Å². The summed E-state index contributed by atoms with van der Waals surface area (Å²) in [4.78, 5) is 14.0. The Hall–Kier alpha value is -3.37. The van der Waals surface area contributed by atoms with Crippen molar-refractivity contribution in [3.8, 4) is 17.0 Å². The van der Waals surface area contributed by atoms with Gasteiger partial charge in [-0.1, -0.05) is 17.7 Å². The number of aromatic nitrogens is 3. The fourth-order valence-corrected chi connectivity index (χ4v) is 5.46. The highest BCUT2D eigenvalue weighted by molar-refractivity contribution is 7.92. The molecule has 5 rings (SSSR count). The Morgan fingerprint density at radius 2 is 2.06 bits per heavy atom. The molecule has 0 spiro atoms. The maximum atomic E-state index is 14.5. The van der Waals surface area contributed by atoms with E-state index in [0.29, 0.717) is 63.2 Å². The molecule has 0 aliphatic carbocycles. The third kappa shape index (κ3) is 4.26. The first-order valence-electron chi connectivity index (χ1n) is 10.6. The second kappa shape index (κ2) is 8.77. The highest BCUT2D eigenvalue weighted by Crippen LogP contribution is 2.36.